The Balaban J connectivity index is 1.78. The van der Waals surface area contributed by atoms with Crippen molar-refractivity contribution in [1.82, 2.24) is 10.2 Å². The summed E-state index contributed by atoms with van der Waals surface area (Å²) in [7, 11) is 1.64. The number of carboxylic acid groups (broad SMARTS) is 1. The molecule has 24 heavy (non-hydrogen) atoms. The molecule has 2 aliphatic rings. The topological polar surface area (TPSA) is 78.9 Å². The molecule has 1 amide bonds. The van der Waals surface area contributed by atoms with Crippen LogP contribution in [0.25, 0.3) is 0 Å². The molecule has 2 aliphatic heterocycles. The number of nitrogens with one attached hydrogen (secondary N) is 1. The smallest absolute Gasteiger partial charge is 0.313 e. The first-order valence-corrected chi connectivity index (χ1v) is 8.00. The number of carbonyl (C=O) groups is 2. The van der Waals surface area contributed by atoms with Crippen LogP contribution in [0.2, 0.25) is 0 Å². The minimum atomic E-state index is -0.993. The number of fused-ring (bicyclic) bond motifs is 1. The van der Waals surface area contributed by atoms with Gasteiger partial charge in [0, 0.05) is 26.2 Å². The molecule has 6 nitrogen and oxygen atoms in total. The van der Waals surface area contributed by atoms with E-state index in [4.69, 9.17) is 4.74 Å². The highest BCUT2D eigenvalue weighted by molar-refractivity contribution is 5.92. The van der Waals surface area contributed by atoms with Crippen molar-refractivity contribution in [3.63, 3.8) is 0 Å². The van der Waals surface area contributed by atoms with E-state index >= 15 is 0 Å². The second-order valence-corrected chi connectivity index (χ2v) is 6.54. The molecule has 0 unspecified atom stereocenters. The van der Waals surface area contributed by atoms with E-state index in [9.17, 15) is 14.7 Å². The molecular weight excluding hydrogens is 308 g/mol. The Bertz CT molecular complexity index is 688. The summed E-state index contributed by atoms with van der Waals surface area (Å²) in [5, 5.41) is 12.3. The summed E-state index contributed by atoms with van der Waals surface area (Å²) in [6.07, 6.45) is 2.53. The molecule has 2 heterocycles. The summed E-state index contributed by atoms with van der Waals surface area (Å²) >= 11 is 0. The van der Waals surface area contributed by atoms with Crippen LogP contribution in [0.5, 0.6) is 5.75 Å². The lowest BCUT2D eigenvalue weighted by atomic mass is 9.81. The number of allylic oxidation sites excluding steroid dienone is 1. The van der Waals surface area contributed by atoms with Crippen molar-refractivity contribution < 1.29 is 19.4 Å². The standard InChI is InChI=1S/C18H22N2O4/c1-3-4-13-7-12(5-6-15(13)24-2)8-20-9-14-16(21)19-10-18(14,11-20)17(22)23/h3,5-7,14H,1,4,8-11H2,2H3,(H,19,21)(H,22,23)/t14-,18+/m0/s1. The van der Waals surface area contributed by atoms with E-state index in [1.165, 1.54) is 0 Å². The fourth-order valence-corrected chi connectivity index (χ4v) is 3.80. The average Bonchev–Trinajstić information content (AvgIpc) is 3.06. The van der Waals surface area contributed by atoms with E-state index < -0.39 is 17.3 Å². The fourth-order valence-electron chi connectivity index (χ4n) is 3.80. The number of likely N-dealkylation sites (tertiary alicyclic amines) is 1. The number of carbonyl (C=O) groups excluding carboxylic acids is 1. The summed E-state index contributed by atoms with van der Waals surface area (Å²) in [6.45, 7) is 5.45. The zero-order chi connectivity index (χ0) is 17.3. The van der Waals surface area contributed by atoms with Gasteiger partial charge in [0.15, 0.2) is 0 Å². The lowest BCUT2D eigenvalue weighted by Crippen LogP contribution is -2.40. The van der Waals surface area contributed by atoms with Crippen LogP contribution >= 0.6 is 0 Å². The highest BCUT2D eigenvalue weighted by Crippen LogP contribution is 2.40. The number of hydrogen-bond acceptors (Lipinski definition) is 4. The zero-order valence-electron chi connectivity index (χ0n) is 13.7. The van der Waals surface area contributed by atoms with Gasteiger partial charge in [-0.15, -0.1) is 6.58 Å². The van der Waals surface area contributed by atoms with Crippen molar-refractivity contribution in [3.05, 3.63) is 42.0 Å². The van der Waals surface area contributed by atoms with E-state index in [0.717, 1.165) is 16.9 Å². The third-order valence-corrected chi connectivity index (χ3v) is 5.05. The Hall–Kier alpha value is -2.34. The number of rotatable bonds is 6. The van der Waals surface area contributed by atoms with Crippen molar-refractivity contribution in [1.29, 1.82) is 0 Å². The van der Waals surface area contributed by atoms with E-state index in [1.807, 2.05) is 18.2 Å². The lowest BCUT2D eigenvalue weighted by Gasteiger charge is -2.22. The van der Waals surface area contributed by atoms with Crippen molar-refractivity contribution >= 4 is 11.9 Å². The second kappa shape index (κ2) is 6.28. The Morgan fingerprint density at radius 1 is 1.58 bits per heavy atom. The number of benzene rings is 1. The monoisotopic (exact) mass is 330 g/mol. The van der Waals surface area contributed by atoms with Gasteiger partial charge < -0.3 is 15.2 Å². The summed E-state index contributed by atoms with van der Waals surface area (Å²) in [6, 6.07) is 5.96. The van der Waals surface area contributed by atoms with Gasteiger partial charge in [0.05, 0.1) is 13.0 Å². The molecule has 2 fully saturated rings. The number of methoxy groups -OCH3 is 1. The molecule has 128 valence electrons. The SMILES string of the molecule is C=CCc1cc(CN2C[C@H]3C(=O)NC[C@@]3(C(=O)O)C2)ccc1OC. The molecule has 2 saturated heterocycles. The van der Waals surface area contributed by atoms with Gasteiger partial charge in [-0.3, -0.25) is 14.5 Å². The summed E-state index contributed by atoms with van der Waals surface area (Å²) in [5.74, 6) is -0.698. The van der Waals surface area contributed by atoms with Gasteiger partial charge in [0.1, 0.15) is 11.2 Å². The maximum Gasteiger partial charge on any atom is 0.313 e. The minimum Gasteiger partial charge on any atom is -0.496 e. The van der Waals surface area contributed by atoms with Crippen LogP contribution in [0, 0.1) is 11.3 Å². The zero-order valence-corrected chi connectivity index (χ0v) is 13.7. The number of amides is 1. The lowest BCUT2D eigenvalue weighted by molar-refractivity contribution is -0.149. The molecule has 0 spiro atoms. The molecule has 2 N–H and O–H groups in total. The molecule has 3 rings (SSSR count). The third kappa shape index (κ3) is 2.67. The summed E-state index contributed by atoms with van der Waals surface area (Å²) in [5.41, 5.74) is 1.14. The van der Waals surface area contributed by atoms with Crippen molar-refractivity contribution in [2.45, 2.75) is 13.0 Å². The molecule has 6 heteroatoms. The maximum atomic E-state index is 12.0. The summed E-state index contributed by atoms with van der Waals surface area (Å²) < 4.78 is 5.35. The highest BCUT2D eigenvalue weighted by Gasteiger charge is 2.59. The number of hydrogen-bond donors (Lipinski definition) is 2. The van der Waals surface area contributed by atoms with Crippen LogP contribution in [0.3, 0.4) is 0 Å². The number of carboxylic acids is 1. The molecule has 0 radical (unpaired) electrons. The number of nitrogens with zero attached hydrogens (tertiary/aromatic N) is 1. The average molecular weight is 330 g/mol. The third-order valence-electron chi connectivity index (χ3n) is 5.05. The molecular formula is C18H22N2O4. The van der Waals surface area contributed by atoms with Crippen LogP contribution in [0.15, 0.2) is 30.9 Å². The van der Waals surface area contributed by atoms with E-state index in [0.29, 0.717) is 26.1 Å². The van der Waals surface area contributed by atoms with Gasteiger partial charge in [0.25, 0.3) is 0 Å². The van der Waals surface area contributed by atoms with Crippen LogP contribution in [0.1, 0.15) is 11.1 Å². The van der Waals surface area contributed by atoms with Crippen LogP contribution in [-0.2, 0) is 22.6 Å². The largest absolute Gasteiger partial charge is 0.496 e. The molecule has 2 atom stereocenters. The van der Waals surface area contributed by atoms with Crippen LogP contribution in [0.4, 0.5) is 0 Å². The van der Waals surface area contributed by atoms with Crippen molar-refractivity contribution in [2.75, 3.05) is 26.7 Å². The van der Waals surface area contributed by atoms with Crippen LogP contribution in [-0.4, -0.2) is 48.6 Å². The maximum absolute atomic E-state index is 12.0. The minimum absolute atomic E-state index is 0.151. The van der Waals surface area contributed by atoms with Gasteiger partial charge in [0.2, 0.25) is 5.91 Å². The van der Waals surface area contributed by atoms with Crippen molar-refractivity contribution in [3.8, 4) is 5.75 Å². The second-order valence-electron chi connectivity index (χ2n) is 6.54. The Morgan fingerprint density at radius 3 is 3.00 bits per heavy atom. The molecule has 0 aliphatic carbocycles. The van der Waals surface area contributed by atoms with Gasteiger partial charge in [-0.1, -0.05) is 18.2 Å². The first kappa shape index (κ1) is 16.5. The van der Waals surface area contributed by atoms with Gasteiger partial charge in [-0.05, 0) is 23.6 Å². The molecule has 1 aromatic rings. The molecule has 0 aromatic heterocycles. The fraction of sp³-hybridized carbons (Fsp3) is 0.444. The summed E-state index contributed by atoms with van der Waals surface area (Å²) in [4.78, 5) is 25.7. The number of aliphatic carboxylic acids is 1. The molecule has 0 bridgehead atoms. The van der Waals surface area contributed by atoms with Gasteiger partial charge in [-0.2, -0.15) is 0 Å². The van der Waals surface area contributed by atoms with E-state index in [2.05, 4.69) is 22.9 Å². The normalized spacial score (nSPS) is 26.0. The molecule has 1 aromatic carbocycles. The first-order valence-electron chi connectivity index (χ1n) is 8.00. The van der Waals surface area contributed by atoms with Gasteiger partial charge >= 0.3 is 5.97 Å². The Labute approximate surface area is 141 Å². The van der Waals surface area contributed by atoms with Crippen LogP contribution < -0.4 is 10.1 Å². The predicted octanol–water partition coefficient (Wildman–Crippen LogP) is 1.06. The molecule has 0 saturated carbocycles. The quantitative estimate of drug-likeness (QED) is 0.763. The van der Waals surface area contributed by atoms with E-state index in [-0.39, 0.29) is 12.5 Å². The number of ether oxygens (including phenoxy) is 1. The first-order chi connectivity index (χ1) is 11.5. The Kier molecular flexibility index (Phi) is 4.32. The van der Waals surface area contributed by atoms with E-state index in [1.54, 1.807) is 7.11 Å². The van der Waals surface area contributed by atoms with Crippen molar-refractivity contribution in [2.24, 2.45) is 11.3 Å². The predicted molar refractivity (Wildman–Crippen MR) is 88.7 cm³/mol. The van der Waals surface area contributed by atoms with Gasteiger partial charge in [-0.25, -0.2) is 0 Å². The highest BCUT2D eigenvalue weighted by atomic mass is 16.5. The Morgan fingerprint density at radius 2 is 2.38 bits per heavy atom.